The summed E-state index contributed by atoms with van der Waals surface area (Å²) in [4.78, 5) is 25.6. The molecule has 3 N–H and O–H groups in total. The first-order valence-electron chi connectivity index (χ1n) is 11.7. The lowest BCUT2D eigenvalue weighted by atomic mass is 9.94. The average molecular weight is 473 g/mol. The molecule has 3 aromatic rings. The van der Waals surface area contributed by atoms with E-state index < -0.39 is 5.41 Å². The normalized spacial score (nSPS) is 15.9. The molecule has 1 saturated carbocycles. The molecule has 1 fully saturated rings. The lowest BCUT2D eigenvalue weighted by Crippen LogP contribution is -2.34. The van der Waals surface area contributed by atoms with Gasteiger partial charge in [-0.1, -0.05) is 24.3 Å². The Balaban J connectivity index is 1.33. The summed E-state index contributed by atoms with van der Waals surface area (Å²) in [6.07, 6.45) is 1.57. The largest absolute Gasteiger partial charge is 0.454 e. The zero-order chi connectivity index (χ0) is 24.6. The Labute approximate surface area is 204 Å². The average Bonchev–Trinajstić information content (AvgIpc) is 3.56. The van der Waals surface area contributed by atoms with Crippen LogP contribution in [0.5, 0.6) is 11.5 Å². The monoisotopic (exact) mass is 472 g/mol. The van der Waals surface area contributed by atoms with E-state index >= 15 is 0 Å². The van der Waals surface area contributed by atoms with Gasteiger partial charge < -0.3 is 25.2 Å². The summed E-state index contributed by atoms with van der Waals surface area (Å²) in [5.41, 5.74) is 4.62. The van der Waals surface area contributed by atoms with Crippen molar-refractivity contribution in [2.24, 2.45) is 0 Å². The number of benzene rings is 3. The molecular formula is C28H28N2O5. The molecule has 0 saturated heterocycles. The zero-order valence-electron chi connectivity index (χ0n) is 19.8. The molecule has 1 aliphatic heterocycles. The van der Waals surface area contributed by atoms with Gasteiger partial charge in [-0.3, -0.25) is 9.59 Å². The maximum Gasteiger partial charge on any atom is 0.251 e. The summed E-state index contributed by atoms with van der Waals surface area (Å²) >= 11 is 0. The van der Waals surface area contributed by atoms with Crippen molar-refractivity contribution in [1.82, 2.24) is 5.32 Å². The first-order chi connectivity index (χ1) is 16.9. The van der Waals surface area contributed by atoms with Gasteiger partial charge in [-0.15, -0.1) is 0 Å². The van der Waals surface area contributed by atoms with Crippen LogP contribution in [0.4, 0.5) is 5.69 Å². The second-order valence-electron chi connectivity index (χ2n) is 9.27. The lowest BCUT2D eigenvalue weighted by Gasteiger charge is -2.17. The summed E-state index contributed by atoms with van der Waals surface area (Å²) in [6.45, 7) is 3.85. The maximum atomic E-state index is 13.3. The Morgan fingerprint density at radius 3 is 2.46 bits per heavy atom. The number of rotatable bonds is 7. The standard InChI is InChI=1S/C28H28N2O5/c1-17-3-9-22(14-23(17)19-4-6-20(7-5-19)26(32)29-18(2)15-31)30-27(33)28(11-12-28)21-8-10-24-25(13-21)35-16-34-24/h3-10,13-14,18,31H,11-12,15-16H2,1-2H3,(H,29,32)(H,30,33)/t18-/m1/s1. The summed E-state index contributed by atoms with van der Waals surface area (Å²) in [6, 6.07) is 18.6. The van der Waals surface area contributed by atoms with Crippen LogP contribution in [0.1, 0.15) is 41.3 Å². The number of aliphatic hydroxyl groups is 1. The third-order valence-corrected chi connectivity index (χ3v) is 6.71. The van der Waals surface area contributed by atoms with E-state index in [9.17, 15) is 9.59 Å². The first-order valence-corrected chi connectivity index (χ1v) is 11.7. The third kappa shape index (κ3) is 4.47. The second-order valence-corrected chi connectivity index (χ2v) is 9.27. The van der Waals surface area contributed by atoms with Crippen LogP contribution in [-0.4, -0.2) is 36.4 Å². The van der Waals surface area contributed by atoms with Gasteiger partial charge in [0.1, 0.15) is 0 Å². The Bertz CT molecular complexity index is 1280. The number of hydrogen-bond acceptors (Lipinski definition) is 5. The number of carbonyl (C=O) groups is 2. The van der Waals surface area contributed by atoms with Crippen LogP contribution in [0.3, 0.4) is 0 Å². The number of ether oxygens (including phenoxy) is 2. The summed E-state index contributed by atoms with van der Waals surface area (Å²) in [5, 5.41) is 15.0. The van der Waals surface area contributed by atoms with Crippen molar-refractivity contribution in [3.8, 4) is 22.6 Å². The molecule has 2 aliphatic rings. The van der Waals surface area contributed by atoms with Gasteiger partial charge in [-0.05, 0) is 85.3 Å². The van der Waals surface area contributed by atoms with E-state index in [2.05, 4.69) is 10.6 Å². The Morgan fingerprint density at radius 2 is 1.74 bits per heavy atom. The predicted octanol–water partition coefficient (Wildman–Crippen LogP) is 4.17. The molecule has 1 aliphatic carbocycles. The highest BCUT2D eigenvalue weighted by molar-refractivity contribution is 6.02. The molecule has 7 heteroatoms. The number of nitrogens with one attached hydrogen (secondary N) is 2. The van der Waals surface area contributed by atoms with Crippen molar-refractivity contribution >= 4 is 17.5 Å². The molecule has 2 amide bonds. The van der Waals surface area contributed by atoms with Gasteiger partial charge in [-0.25, -0.2) is 0 Å². The minimum atomic E-state index is -0.549. The molecule has 0 bridgehead atoms. The van der Waals surface area contributed by atoms with Crippen molar-refractivity contribution < 1.29 is 24.2 Å². The van der Waals surface area contributed by atoms with Crippen LogP contribution in [0, 0.1) is 6.92 Å². The van der Waals surface area contributed by atoms with E-state index in [1.165, 1.54) is 0 Å². The molecule has 5 rings (SSSR count). The van der Waals surface area contributed by atoms with E-state index in [0.29, 0.717) is 17.1 Å². The van der Waals surface area contributed by atoms with E-state index in [-0.39, 0.29) is 31.3 Å². The van der Waals surface area contributed by atoms with Gasteiger partial charge in [0.15, 0.2) is 11.5 Å². The van der Waals surface area contributed by atoms with Gasteiger partial charge in [0, 0.05) is 17.3 Å². The highest BCUT2D eigenvalue weighted by Gasteiger charge is 2.51. The number of anilines is 1. The molecule has 0 radical (unpaired) electrons. The Hall–Kier alpha value is -3.84. The number of aliphatic hydroxyl groups excluding tert-OH is 1. The predicted molar refractivity (Wildman–Crippen MR) is 133 cm³/mol. The smallest absolute Gasteiger partial charge is 0.251 e. The molecule has 0 aromatic heterocycles. The van der Waals surface area contributed by atoms with Crippen LogP contribution in [-0.2, 0) is 10.2 Å². The Kier molecular flexibility index (Phi) is 5.94. The molecule has 0 spiro atoms. The maximum absolute atomic E-state index is 13.3. The third-order valence-electron chi connectivity index (χ3n) is 6.71. The fraction of sp³-hybridized carbons (Fsp3) is 0.286. The van der Waals surface area contributed by atoms with Crippen LogP contribution in [0.2, 0.25) is 0 Å². The summed E-state index contributed by atoms with van der Waals surface area (Å²) in [7, 11) is 0. The van der Waals surface area contributed by atoms with E-state index in [4.69, 9.17) is 14.6 Å². The molecule has 3 aromatic carbocycles. The van der Waals surface area contributed by atoms with Crippen molar-refractivity contribution in [2.75, 3.05) is 18.7 Å². The van der Waals surface area contributed by atoms with Crippen LogP contribution in [0.15, 0.2) is 60.7 Å². The number of aryl methyl sites for hydroxylation is 1. The zero-order valence-corrected chi connectivity index (χ0v) is 19.8. The SMILES string of the molecule is Cc1ccc(NC(=O)C2(c3ccc4c(c3)OCO4)CC2)cc1-c1ccc(C(=O)N[C@H](C)CO)cc1. The Morgan fingerprint density at radius 1 is 1.00 bits per heavy atom. The number of carbonyl (C=O) groups excluding carboxylic acids is 2. The van der Waals surface area contributed by atoms with Gasteiger partial charge in [0.05, 0.1) is 12.0 Å². The summed E-state index contributed by atoms with van der Waals surface area (Å²) in [5.74, 6) is 1.13. The molecule has 1 heterocycles. The van der Waals surface area contributed by atoms with E-state index in [0.717, 1.165) is 40.8 Å². The van der Waals surface area contributed by atoms with E-state index in [1.54, 1.807) is 19.1 Å². The minimum Gasteiger partial charge on any atom is -0.454 e. The highest BCUT2D eigenvalue weighted by Crippen LogP contribution is 2.51. The van der Waals surface area contributed by atoms with Gasteiger partial charge in [0.25, 0.3) is 5.91 Å². The molecule has 7 nitrogen and oxygen atoms in total. The van der Waals surface area contributed by atoms with Crippen molar-refractivity contribution in [2.45, 2.75) is 38.1 Å². The number of amides is 2. The van der Waals surface area contributed by atoms with Gasteiger partial charge in [0.2, 0.25) is 12.7 Å². The van der Waals surface area contributed by atoms with Crippen molar-refractivity contribution in [3.63, 3.8) is 0 Å². The molecule has 35 heavy (non-hydrogen) atoms. The quantitative estimate of drug-likeness (QED) is 0.480. The fourth-order valence-corrected chi connectivity index (χ4v) is 4.38. The fourth-order valence-electron chi connectivity index (χ4n) is 4.38. The summed E-state index contributed by atoms with van der Waals surface area (Å²) < 4.78 is 10.9. The minimum absolute atomic E-state index is 0.0313. The number of fused-ring (bicyclic) bond motifs is 1. The van der Waals surface area contributed by atoms with Crippen molar-refractivity contribution in [3.05, 3.63) is 77.4 Å². The molecule has 180 valence electrons. The molecule has 0 unspecified atom stereocenters. The van der Waals surface area contributed by atoms with Crippen LogP contribution >= 0.6 is 0 Å². The topological polar surface area (TPSA) is 96.9 Å². The second kappa shape index (κ2) is 9.07. The van der Waals surface area contributed by atoms with Crippen LogP contribution < -0.4 is 20.1 Å². The molecular weight excluding hydrogens is 444 g/mol. The number of hydrogen-bond donors (Lipinski definition) is 3. The highest BCUT2D eigenvalue weighted by atomic mass is 16.7. The van der Waals surface area contributed by atoms with Gasteiger partial charge in [-0.2, -0.15) is 0 Å². The first kappa shape index (κ1) is 22.9. The lowest BCUT2D eigenvalue weighted by molar-refractivity contribution is -0.118. The van der Waals surface area contributed by atoms with Gasteiger partial charge >= 0.3 is 0 Å². The van der Waals surface area contributed by atoms with E-state index in [1.807, 2.05) is 55.5 Å². The van der Waals surface area contributed by atoms with Crippen LogP contribution in [0.25, 0.3) is 11.1 Å². The van der Waals surface area contributed by atoms with Crippen molar-refractivity contribution in [1.29, 1.82) is 0 Å². The molecule has 1 atom stereocenters.